The lowest BCUT2D eigenvalue weighted by Gasteiger charge is -2.11. The van der Waals surface area contributed by atoms with Crippen molar-refractivity contribution in [2.45, 2.75) is 33.2 Å². The van der Waals surface area contributed by atoms with E-state index in [1.54, 1.807) is 15.6 Å². The highest BCUT2D eigenvalue weighted by Gasteiger charge is 2.12. The van der Waals surface area contributed by atoms with Crippen LogP contribution in [0.25, 0.3) is 5.69 Å². The van der Waals surface area contributed by atoms with Crippen molar-refractivity contribution in [1.82, 2.24) is 30.0 Å². The number of nitrogens with one attached hydrogen (secondary N) is 1. The number of hydrogen-bond donors (Lipinski definition) is 1. The van der Waals surface area contributed by atoms with Gasteiger partial charge in [-0.15, -0.1) is 5.10 Å². The summed E-state index contributed by atoms with van der Waals surface area (Å²) in [5, 5.41) is 18.8. The van der Waals surface area contributed by atoms with Crippen molar-refractivity contribution in [3.05, 3.63) is 48.0 Å². The smallest absolute Gasteiger partial charge is 0.226 e. The highest BCUT2D eigenvalue weighted by Crippen LogP contribution is 2.20. The molecule has 1 N–H and O–H groups in total. The SMILES string of the molecule is CCc1nnnn1-c1ccccc1NC(=O)CCn1cc(C)cn1. The number of benzene rings is 1. The molecular formula is C16H19N7O. The van der Waals surface area contributed by atoms with Crippen LogP contribution in [-0.2, 0) is 17.8 Å². The van der Waals surface area contributed by atoms with Crippen LogP contribution in [0.4, 0.5) is 5.69 Å². The number of nitrogens with zero attached hydrogens (tertiary/aromatic N) is 6. The maximum Gasteiger partial charge on any atom is 0.226 e. The first-order chi connectivity index (χ1) is 11.7. The quantitative estimate of drug-likeness (QED) is 0.746. The number of anilines is 1. The molecule has 0 spiro atoms. The normalized spacial score (nSPS) is 10.8. The summed E-state index contributed by atoms with van der Waals surface area (Å²) in [4.78, 5) is 12.3. The molecule has 1 aromatic carbocycles. The van der Waals surface area contributed by atoms with Gasteiger partial charge in [-0.05, 0) is 35.0 Å². The third-order valence-electron chi connectivity index (χ3n) is 3.59. The van der Waals surface area contributed by atoms with Crippen molar-refractivity contribution in [3.8, 4) is 5.69 Å². The monoisotopic (exact) mass is 325 g/mol. The predicted octanol–water partition coefficient (Wildman–Crippen LogP) is 1.76. The Labute approximate surface area is 139 Å². The summed E-state index contributed by atoms with van der Waals surface area (Å²) in [5.74, 6) is 0.658. The maximum absolute atomic E-state index is 12.3. The molecule has 8 heteroatoms. The van der Waals surface area contributed by atoms with Gasteiger partial charge in [-0.2, -0.15) is 9.78 Å². The molecule has 0 aliphatic carbocycles. The largest absolute Gasteiger partial charge is 0.324 e. The Morgan fingerprint density at radius 1 is 1.29 bits per heavy atom. The number of aryl methyl sites for hydroxylation is 3. The number of carbonyl (C=O) groups is 1. The van der Waals surface area contributed by atoms with Gasteiger partial charge < -0.3 is 5.32 Å². The lowest BCUT2D eigenvalue weighted by atomic mass is 10.2. The second-order valence-corrected chi connectivity index (χ2v) is 5.46. The molecule has 0 saturated heterocycles. The Bertz CT molecular complexity index is 836. The molecule has 3 aromatic rings. The number of para-hydroxylation sites is 2. The van der Waals surface area contributed by atoms with Gasteiger partial charge in [-0.1, -0.05) is 19.1 Å². The lowest BCUT2D eigenvalue weighted by Crippen LogP contribution is -2.16. The van der Waals surface area contributed by atoms with E-state index in [2.05, 4.69) is 25.9 Å². The molecule has 2 heterocycles. The summed E-state index contributed by atoms with van der Waals surface area (Å²) in [6.07, 6.45) is 4.73. The van der Waals surface area contributed by atoms with Crippen LogP contribution in [0.1, 0.15) is 24.7 Å². The summed E-state index contributed by atoms with van der Waals surface area (Å²) in [6, 6.07) is 7.47. The number of carbonyl (C=O) groups excluding carboxylic acids is 1. The molecule has 0 fully saturated rings. The van der Waals surface area contributed by atoms with Crippen molar-refractivity contribution < 1.29 is 4.79 Å². The Hall–Kier alpha value is -3.03. The number of amides is 1. The first kappa shape index (κ1) is 15.9. The highest BCUT2D eigenvalue weighted by atomic mass is 16.1. The van der Waals surface area contributed by atoms with Crippen LogP contribution in [-0.4, -0.2) is 35.9 Å². The number of rotatable bonds is 6. The molecule has 24 heavy (non-hydrogen) atoms. The summed E-state index contributed by atoms with van der Waals surface area (Å²) in [6.45, 7) is 4.49. The molecule has 0 bridgehead atoms. The van der Waals surface area contributed by atoms with Crippen LogP contribution in [0.3, 0.4) is 0 Å². The molecule has 124 valence electrons. The fourth-order valence-electron chi connectivity index (χ4n) is 2.40. The molecular weight excluding hydrogens is 306 g/mol. The summed E-state index contributed by atoms with van der Waals surface area (Å²) in [5.41, 5.74) is 2.51. The van der Waals surface area contributed by atoms with Gasteiger partial charge in [-0.25, -0.2) is 0 Å². The van der Waals surface area contributed by atoms with Gasteiger partial charge in [0.15, 0.2) is 5.82 Å². The van der Waals surface area contributed by atoms with Crippen LogP contribution >= 0.6 is 0 Å². The van der Waals surface area contributed by atoms with Gasteiger partial charge in [0.2, 0.25) is 5.91 Å². The fraction of sp³-hybridized carbons (Fsp3) is 0.312. The van der Waals surface area contributed by atoms with Gasteiger partial charge in [0.05, 0.1) is 17.6 Å². The van der Waals surface area contributed by atoms with Gasteiger partial charge in [0.1, 0.15) is 0 Å². The van der Waals surface area contributed by atoms with Crippen molar-refractivity contribution >= 4 is 11.6 Å². The summed E-state index contributed by atoms with van der Waals surface area (Å²) in [7, 11) is 0. The van der Waals surface area contributed by atoms with Gasteiger partial charge in [-0.3, -0.25) is 9.48 Å². The van der Waals surface area contributed by atoms with E-state index in [0.29, 0.717) is 25.1 Å². The fourth-order valence-corrected chi connectivity index (χ4v) is 2.40. The zero-order valence-electron chi connectivity index (χ0n) is 13.7. The van der Waals surface area contributed by atoms with E-state index in [0.717, 1.165) is 17.1 Å². The number of aromatic nitrogens is 6. The van der Waals surface area contributed by atoms with E-state index in [4.69, 9.17) is 0 Å². The van der Waals surface area contributed by atoms with E-state index >= 15 is 0 Å². The first-order valence-corrected chi connectivity index (χ1v) is 7.83. The third-order valence-corrected chi connectivity index (χ3v) is 3.59. The Balaban J connectivity index is 1.72. The molecule has 0 aliphatic heterocycles. The molecule has 0 saturated carbocycles. The second-order valence-electron chi connectivity index (χ2n) is 5.46. The van der Waals surface area contributed by atoms with Crippen molar-refractivity contribution in [2.24, 2.45) is 0 Å². The minimum absolute atomic E-state index is 0.0817. The van der Waals surface area contributed by atoms with Crippen molar-refractivity contribution in [1.29, 1.82) is 0 Å². The van der Waals surface area contributed by atoms with Gasteiger partial charge >= 0.3 is 0 Å². The van der Waals surface area contributed by atoms with E-state index in [9.17, 15) is 4.79 Å². The average Bonchev–Trinajstić information content (AvgIpc) is 3.22. The standard InChI is InChI=1S/C16H19N7O/c1-3-15-19-20-21-23(15)14-7-5-4-6-13(14)18-16(24)8-9-22-11-12(2)10-17-22/h4-7,10-11H,3,8-9H2,1-2H3,(H,18,24). The molecule has 3 rings (SSSR count). The van der Waals surface area contributed by atoms with Gasteiger partial charge in [0.25, 0.3) is 0 Å². The predicted molar refractivity (Wildman–Crippen MR) is 88.7 cm³/mol. The molecule has 0 atom stereocenters. The third kappa shape index (κ3) is 3.48. The van der Waals surface area contributed by atoms with Crippen molar-refractivity contribution in [2.75, 3.05) is 5.32 Å². The zero-order chi connectivity index (χ0) is 16.9. The van der Waals surface area contributed by atoms with Crippen LogP contribution in [0.2, 0.25) is 0 Å². The van der Waals surface area contributed by atoms with E-state index in [-0.39, 0.29) is 5.91 Å². The van der Waals surface area contributed by atoms with E-state index < -0.39 is 0 Å². The molecule has 2 aromatic heterocycles. The molecule has 1 amide bonds. The van der Waals surface area contributed by atoms with Crippen LogP contribution in [0, 0.1) is 6.92 Å². The average molecular weight is 325 g/mol. The minimum atomic E-state index is -0.0817. The molecule has 0 radical (unpaired) electrons. The van der Waals surface area contributed by atoms with Crippen molar-refractivity contribution in [3.63, 3.8) is 0 Å². The van der Waals surface area contributed by atoms with E-state index in [1.807, 2.05) is 44.3 Å². The summed E-state index contributed by atoms with van der Waals surface area (Å²) < 4.78 is 3.41. The molecule has 8 nitrogen and oxygen atoms in total. The van der Waals surface area contributed by atoms with Crippen LogP contribution in [0.15, 0.2) is 36.7 Å². The summed E-state index contributed by atoms with van der Waals surface area (Å²) >= 11 is 0. The first-order valence-electron chi connectivity index (χ1n) is 7.83. The Morgan fingerprint density at radius 3 is 2.88 bits per heavy atom. The van der Waals surface area contributed by atoms with Crippen LogP contribution in [0.5, 0.6) is 0 Å². The number of tetrazole rings is 1. The maximum atomic E-state index is 12.3. The highest BCUT2D eigenvalue weighted by molar-refractivity contribution is 5.92. The molecule has 0 unspecified atom stereocenters. The Morgan fingerprint density at radius 2 is 2.12 bits per heavy atom. The minimum Gasteiger partial charge on any atom is -0.324 e. The number of hydrogen-bond acceptors (Lipinski definition) is 5. The van der Waals surface area contributed by atoms with E-state index in [1.165, 1.54) is 0 Å². The Kier molecular flexibility index (Phi) is 4.64. The topological polar surface area (TPSA) is 90.5 Å². The van der Waals surface area contributed by atoms with Gasteiger partial charge in [0, 0.05) is 25.6 Å². The zero-order valence-corrected chi connectivity index (χ0v) is 13.7. The lowest BCUT2D eigenvalue weighted by molar-refractivity contribution is -0.116. The van der Waals surface area contributed by atoms with Crippen LogP contribution < -0.4 is 5.32 Å². The second kappa shape index (κ2) is 7.03. The molecule has 0 aliphatic rings.